The lowest BCUT2D eigenvalue weighted by molar-refractivity contribution is 0.416. The molecule has 2 unspecified atom stereocenters. The number of furan rings is 1. The Morgan fingerprint density at radius 2 is 1.18 bits per heavy atom. The van der Waals surface area contributed by atoms with Gasteiger partial charge in [-0.1, -0.05) is 83.3 Å². The second-order valence-electron chi connectivity index (χ2n) is 19.3. The Labute approximate surface area is 391 Å². The fourth-order valence-electron chi connectivity index (χ4n) is 9.44. The smallest absolute Gasteiger partial charge is 0.223 e. The van der Waals surface area contributed by atoms with E-state index in [4.69, 9.17) is 33.4 Å². The van der Waals surface area contributed by atoms with Crippen molar-refractivity contribution in [3.05, 3.63) is 112 Å². The maximum atomic E-state index is 15.7. The van der Waals surface area contributed by atoms with E-state index in [-0.39, 0.29) is 35.5 Å². The maximum absolute atomic E-state index is 15.7. The average molecular weight is 908 g/mol. The molecule has 0 radical (unpaired) electrons. The van der Waals surface area contributed by atoms with Crippen LogP contribution >= 0.6 is 0 Å². The van der Waals surface area contributed by atoms with Crippen LogP contribution < -0.4 is 16.0 Å². The summed E-state index contributed by atoms with van der Waals surface area (Å²) in [5.41, 5.74) is 9.45. The Bertz CT molecular complexity index is 2790. The number of aryl methyl sites for hydroxylation is 3. The van der Waals surface area contributed by atoms with Gasteiger partial charge in [-0.2, -0.15) is 0 Å². The SMILES string of the molecule is Cc1coc(-c2cnc(NCc3ccc(C4CCC(Nc5ncc(-c6cc(CCc7cc(-c8cnc(NC9CCCCC9)nc8C(C)C)on7)no6)c(C(C)C)n5)C4)c(F)c3)nc2C(C)C)c1. The van der Waals surface area contributed by atoms with E-state index in [1.807, 2.05) is 49.6 Å². The van der Waals surface area contributed by atoms with Gasteiger partial charge in [0.1, 0.15) is 11.6 Å². The molecule has 7 aromatic rings. The standard InChI is InChI=1S/C52H62FN11O3/c1-29(2)47-40(44-19-32(7)28-65-44)25-55-50(60-47)54-24-33-13-18-39(43(53)20-33)34-14-15-36(21-34)59-52-57-27-42(49(62-52)31(5)6)46-23-38(64-67-46)17-16-37-22-45(66-63-37)41-26-56-51(61-48(41)30(3)4)58-35-11-9-8-10-12-35/h13,18-20,22-23,25-31,34-36H,8-12,14-17,21,24H2,1-7H3,(H,54,55,60)(H,56,58,61)(H,57,59,62). The lowest BCUT2D eigenvalue weighted by atomic mass is 9.95. The van der Waals surface area contributed by atoms with Gasteiger partial charge in [0.15, 0.2) is 11.5 Å². The number of hydrogen-bond donors (Lipinski definition) is 3. The highest BCUT2D eigenvalue weighted by Gasteiger charge is 2.29. The topological polar surface area (TPSA) is 179 Å². The van der Waals surface area contributed by atoms with Crippen LogP contribution in [0.3, 0.4) is 0 Å². The van der Waals surface area contributed by atoms with Gasteiger partial charge in [0.05, 0.1) is 51.4 Å². The monoisotopic (exact) mass is 908 g/mol. The first-order chi connectivity index (χ1) is 32.4. The summed E-state index contributed by atoms with van der Waals surface area (Å²) in [6.45, 7) is 15.1. The first-order valence-electron chi connectivity index (χ1n) is 24.1. The van der Waals surface area contributed by atoms with Crippen molar-refractivity contribution >= 4 is 17.8 Å². The van der Waals surface area contributed by atoms with Gasteiger partial charge in [0.25, 0.3) is 0 Å². The molecule has 2 saturated carbocycles. The molecule has 0 saturated heterocycles. The number of rotatable bonds is 17. The van der Waals surface area contributed by atoms with Gasteiger partial charge in [0.2, 0.25) is 17.8 Å². The van der Waals surface area contributed by atoms with E-state index in [1.165, 1.54) is 19.3 Å². The fraction of sp³-hybridized carbons (Fsp3) is 0.462. The van der Waals surface area contributed by atoms with Crippen molar-refractivity contribution in [1.29, 1.82) is 0 Å². The molecule has 0 spiro atoms. The quantitative estimate of drug-likeness (QED) is 0.0786. The minimum atomic E-state index is -0.198. The van der Waals surface area contributed by atoms with Crippen LogP contribution in [0.25, 0.3) is 34.0 Å². The summed E-state index contributed by atoms with van der Waals surface area (Å²) in [4.78, 5) is 28.6. The van der Waals surface area contributed by atoms with Gasteiger partial charge < -0.3 is 29.4 Å². The Hall–Kier alpha value is -6.51. The second-order valence-corrected chi connectivity index (χ2v) is 19.3. The Balaban J connectivity index is 0.789. The highest BCUT2D eigenvalue weighted by atomic mass is 19.1. The number of nitrogens with zero attached hydrogens (tertiary/aromatic N) is 8. The first kappa shape index (κ1) is 45.6. The van der Waals surface area contributed by atoms with Gasteiger partial charge in [-0.3, -0.25) is 0 Å². The van der Waals surface area contributed by atoms with Gasteiger partial charge >= 0.3 is 0 Å². The zero-order valence-corrected chi connectivity index (χ0v) is 39.7. The summed E-state index contributed by atoms with van der Waals surface area (Å²) in [5, 5.41) is 19.2. The summed E-state index contributed by atoms with van der Waals surface area (Å²) < 4.78 is 33.1. The molecule has 0 amide bonds. The lowest BCUT2D eigenvalue weighted by Crippen LogP contribution is -2.23. The molecule has 3 N–H and O–H groups in total. The average Bonchev–Trinajstić information content (AvgIpc) is 4.17. The molecule has 67 heavy (non-hydrogen) atoms. The van der Waals surface area contributed by atoms with Crippen molar-refractivity contribution < 1.29 is 17.9 Å². The van der Waals surface area contributed by atoms with Crippen LogP contribution in [0.15, 0.2) is 74.7 Å². The molecule has 2 fully saturated rings. The minimum Gasteiger partial charge on any atom is -0.464 e. The van der Waals surface area contributed by atoms with E-state index in [2.05, 4.69) is 77.8 Å². The molecular weight excluding hydrogens is 846 g/mol. The van der Waals surface area contributed by atoms with Crippen molar-refractivity contribution in [2.45, 2.75) is 155 Å². The summed E-state index contributed by atoms with van der Waals surface area (Å²) in [6, 6.07) is 12.0. The molecule has 1 aromatic carbocycles. The molecular formula is C52H62FN11O3. The molecule has 0 bridgehead atoms. The highest BCUT2D eigenvalue weighted by Crippen LogP contribution is 2.38. The van der Waals surface area contributed by atoms with Gasteiger partial charge in [0, 0.05) is 49.4 Å². The molecule has 0 aliphatic heterocycles. The molecule has 6 aromatic heterocycles. The van der Waals surface area contributed by atoms with E-state index in [0.29, 0.717) is 54.8 Å². The zero-order valence-electron chi connectivity index (χ0n) is 39.7. The fourth-order valence-corrected chi connectivity index (χ4v) is 9.44. The summed E-state index contributed by atoms with van der Waals surface area (Å²) in [6.07, 6.45) is 17.0. The zero-order chi connectivity index (χ0) is 46.6. The summed E-state index contributed by atoms with van der Waals surface area (Å²) >= 11 is 0. The van der Waals surface area contributed by atoms with E-state index < -0.39 is 0 Å². The Morgan fingerprint density at radius 1 is 0.627 bits per heavy atom. The predicted molar refractivity (Wildman–Crippen MR) is 257 cm³/mol. The number of hydrogen-bond acceptors (Lipinski definition) is 14. The Morgan fingerprint density at radius 3 is 1.73 bits per heavy atom. The molecule has 6 heterocycles. The number of aromatic nitrogens is 8. The van der Waals surface area contributed by atoms with E-state index in [0.717, 1.165) is 99.7 Å². The third-order valence-electron chi connectivity index (χ3n) is 13.0. The van der Waals surface area contributed by atoms with Gasteiger partial charge in [-0.05, 0) is 104 Å². The Kier molecular flexibility index (Phi) is 13.7. The maximum Gasteiger partial charge on any atom is 0.223 e. The molecule has 350 valence electrons. The van der Waals surface area contributed by atoms with E-state index in [1.54, 1.807) is 18.5 Å². The molecule has 15 heteroatoms. The number of anilines is 3. The van der Waals surface area contributed by atoms with Crippen molar-refractivity contribution in [3.63, 3.8) is 0 Å². The van der Waals surface area contributed by atoms with Gasteiger partial charge in [-0.15, -0.1) is 0 Å². The van der Waals surface area contributed by atoms with Crippen molar-refractivity contribution in [1.82, 2.24) is 40.2 Å². The molecule has 14 nitrogen and oxygen atoms in total. The van der Waals surface area contributed by atoms with E-state index in [9.17, 15) is 0 Å². The number of nitrogens with one attached hydrogen (secondary N) is 3. The molecule has 2 aliphatic carbocycles. The van der Waals surface area contributed by atoms with Crippen LogP contribution in [0.4, 0.5) is 22.2 Å². The van der Waals surface area contributed by atoms with Crippen molar-refractivity contribution in [2.75, 3.05) is 16.0 Å². The van der Waals surface area contributed by atoms with Crippen LogP contribution in [0.2, 0.25) is 0 Å². The highest BCUT2D eigenvalue weighted by molar-refractivity contribution is 5.63. The molecule has 2 atom stereocenters. The van der Waals surface area contributed by atoms with Gasteiger partial charge in [-0.25, -0.2) is 34.3 Å². The second kappa shape index (κ2) is 20.2. The largest absolute Gasteiger partial charge is 0.464 e. The first-order valence-corrected chi connectivity index (χ1v) is 24.1. The third kappa shape index (κ3) is 10.7. The molecule has 9 rings (SSSR count). The third-order valence-corrected chi connectivity index (χ3v) is 13.0. The van der Waals surface area contributed by atoms with Crippen LogP contribution in [0.1, 0.15) is 162 Å². The van der Waals surface area contributed by atoms with Crippen molar-refractivity contribution in [2.24, 2.45) is 0 Å². The number of benzene rings is 1. The predicted octanol–water partition coefficient (Wildman–Crippen LogP) is 12.3. The molecule has 2 aliphatic rings. The summed E-state index contributed by atoms with van der Waals surface area (Å²) in [7, 11) is 0. The normalized spacial score (nSPS) is 16.7. The van der Waals surface area contributed by atoms with Crippen molar-refractivity contribution in [3.8, 4) is 34.0 Å². The van der Waals surface area contributed by atoms with Crippen LogP contribution in [0, 0.1) is 12.7 Å². The van der Waals surface area contributed by atoms with Crippen LogP contribution in [0.5, 0.6) is 0 Å². The summed E-state index contributed by atoms with van der Waals surface area (Å²) in [5.74, 6) is 4.10. The lowest BCUT2D eigenvalue weighted by Gasteiger charge is -2.23. The number of halogens is 1. The van der Waals surface area contributed by atoms with Crippen LogP contribution in [-0.2, 0) is 19.4 Å². The minimum absolute atomic E-state index is 0.0841. The van der Waals surface area contributed by atoms with Crippen LogP contribution in [-0.4, -0.2) is 52.3 Å². The van der Waals surface area contributed by atoms with E-state index >= 15 is 4.39 Å².